The molecule has 0 aliphatic heterocycles. The molecule has 9 aromatic rings. The summed E-state index contributed by atoms with van der Waals surface area (Å²) in [7, 11) is 0. The zero-order valence-corrected chi connectivity index (χ0v) is 23.2. The molecule has 0 bridgehead atoms. The third-order valence-corrected chi connectivity index (χ3v) is 8.45. The van der Waals surface area contributed by atoms with Gasteiger partial charge in [-0.1, -0.05) is 115 Å². The summed E-state index contributed by atoms with van der Waals surface area (Å²) in [6.45, 7) is 0. The Labute approximate surface area is 247 Å². The summed E-state index contributed by atoms with van der Waals surface area (Å²) < 4.78 is 13.4. The first-order valence-electron chi connectivity index (χ1n) is 14.5. The Bertz CT molecular complexity index is 2450. The van der Waals surface area contributed by atoms with Gasteiger partial charge in [0.1, 0.15) is 11.2 Å². The number of furan rings is 2. The van der Waals surface area contributed by atoms with Crippen LogP contribution in [0.1, 0.15) is 0 Å². The average Bonchev–Trinajstić information content (AvgIpc) is 3.65. The Kier molecular flexibility index (Phi) is 5.20. The van der Waals surface area contributed by atoms with Crippen molar-refractivity contribution in [2.75, 3.05) is 4.90 Å². The van der Waals surface area contributed by atoms with Crippen LogP contribution in [0.4, 0.5) is 17.1 Å². The maximum atomic E-state index is 6.88. The molecule has 0 aliphatic rings. The van der Waals surface area contributed by atoms with E-state index in [1.54, 1.807) is 0 Å². The van der Waals surface area contributed by atoms with E-state index in [0.29, 0.717) is 0 Å². The first-order chi connectivity index (χ1) is 21.3. The van der Waals surface area contributed by atoms with E-state index >= 15 is 0 Å². The van der Waals surface area contributed by atoms with E-state index in [0.717, 1.165) is 66.5 Å². The molecule has 0 amide bonds. The van der Waals surface area contributed by atoms with Gasteiger partial charge in [0.25, 0.3) is 0 Å². The van der Waals surface area contributed by atoms with Crippen LogP contribution in [-0.4, -0.2) is 0 Å². The van der Waals surface area contributed by atoms with Crippen molar-refractivity contribution in [3.05, 3.63) is 152 Å². The van der Waals surface area contributed by atoms with Gasteiger partial charge < -0.3 is 13.7 Å². The topological polar surface area (TPSA) is 29.5 Å². The zero-order valence-electron chi connectivity index (χ0n) is 23.2. The van der Waals surface area contributed by atoms with Crippen LogP contribution in [0, 0.1) is 0 Å². The van der Waals surface area contributed by atoms with E-state index in [1.807, 2.05) is 18.2 Å². The van der Waals surface area contributed by atoms with Gasteiger partial charge >= 0.3 is 0 Å². The maximum absolute atomic E-state index is 6.88. The Morgan fingerprint density at radius 2 is 0.953 bits per heavy atom. The van der Waals surface area contributed by atoms with Crippen LogP contribution in [0.3, 0.4) is 0 Å². The van der Waals surface area contributed by atoms with Crippen molar-refractivity contribution in [1.29, 1.82) is 0 Å². The monoisotopic (exact) mass is 551 g/mol. The van der Waals surface area contributed by atoms with E-state index in [9.17, 15) is 0 Å². The van der Waals surface area contributed by atoms with E-state index in [1.165, 1.54) is 16.3 Å². The molecule has 43 heavy (non-hydrogen) atoms. The van der Waals surface area contributed by atoms with Crippen LogP contribution in [0.5, 0.6) is 0 Å². The highest BCUT2D eigenvalue weighted by molar-refractivity contribution is 6.24. The Hall–Kier alpha value is -5.80. The van der Waals surface area contributed by atoms with Gasteiger partial charge in [-0.2, -0.15) is 0 Å². The minimum Gasteiger partial charge on any atom is -0.454 e. The largest absolute Gasteiger partial charge is 0.454 e. The molecular weight excluding hydrogens is 526 g/mol. The Balaban J connectivity index is 1.37. The van der Waals surface area contributed by atoms with Crippen LogP contribution in [0.2, 0.25) is 0 Å². The van der Waals surface area contributed by atoms with Gasteiger partial charge in [-0.05, 0) is 58.3 Å². The lowest BCUT2D eigenvalue weighted by Gasteiger charge is -2.25. The second kappa shape index (κ2) is 9.37. The van der Waals surface area contributed by atoms with Crippen molar-refractivity contribution < 1.29 is 8.83 Å². The SMILES string of the molecule is c1ccc(-c2cc3oc4c(N(c5ccccc5)c5cccc6c5oc5ccccc56)cccc4c3c3ccccc23)cc1. The fraction of sp³-hybridized carbons (Fsp3) is 0. The van der Waals surface area contributed by atoms with Crippen LogP contribution in [0.15, 0.2) is 160 Å². The molecular formula is C40H25NO2. The van der Waals surface area contributed by atoms with Crippen LogP contribution in [-0.2, 0) is 0 Å². The molecule has 0 saturated carbocycles. The molecule has 0 radical (unpaired) electrons. The summed E-state index contributed by atoms with van der Waals surface area (Å²) >= 11 is 0. The van der Waals surface area contributed by atoms with Crippen molar-refractivity contribution in [3.8, 4) is 11.1 Å². The first-order valence-corrected chi connectivity index (χ1v) is 14.5. The standard InChI is InChI=1S/C40H25NO2/c1-3-13-26(14-4-1)33-25-37-38(30-19-8-7-17-28(30)33)32-21-12-23-35(40(32)43-37)41(27-15-5-2-6-16-27)34-22-11-20-31-29-18-9-10-24-36(29)42-39(31)34/h1-25H. The number of benzene rings is 7. The van der Waals surface area contributed by atoms with Crippen molar-refractivity contribution in [2.24, 2.45) is 0 Å². The minimum atomic E-state index is 0.838. The lowest BCUT2D eigenvalue weighted by Crippen LogP contribution is -2.10. The van der Waals surface area contributed by atoms with Crippen LogP contribution in [0.25, 0.3) is 65.8 Å². The predicted molar refractivity (Wildman–Crippen MR) is 179 cm³/mol. The van der Waals surface area contributed by atoms with E-state index in [-0.39, 0.29) is 0 Å². The fourth-order valence-electron chi connectivity index (χ4n) is 6.57. The fourth-order valence-corrected chi connectivity index (χ4v) is 6.57. The number of fused-ring (bicyclic) bond motifs is 8. The maximum Gasteiger partial charge on any atom is 0.159 e. The highest BCUT2D eigenvalue weighted by Crippen LogP contribution is 2.47. The molecule has 9 rings (SSSR count). The summed E-state index contributed by atoms with van der Waals surface area (Å²) in [5, 5.41) is 6.79. The number of hydrogen-bond donors (Lipinski definition) is 0. The molecule has 0 spiro atoms. The summed E-state index contributed by atoms with van der Waals surface area (Å²) in [4.78, 5) is 2.26. The molecule has 0 aliphatic carbocycles. The molecule has 2 heterocycles. The minimum absolute atomic E-state index is 0.838. The Morgan fingerprint density at radius 3 is 1.72 bits per heavy atom. The van der Waals surface area contributed by atoms with Crippen molar-refractivity contribution in [3.63, 3.8) is 0 Å². The summed E-state index contributed by atoms with van der Waals surface area (Å²) in [6.07, 6.45) is 0. The molecule has 3 heteroatoms. The predicted octanol–water partition coefficient (Wildman–Crippen LogP) is 11.8. The molecule has 7 aromatic carbocycles. The number of rotatable bonds is 4. The molecule has 2 aromatic heterocycles. The van der Waals surface area contributed by atoms with Gasteiger partial charge in [0, 0.05) is 27.2 Å². The normalized spacial score (nSPS) is 11.7. The van der Waals surface area contributed by atoms with E-state index in [2.05, 4.69) is 138 Å². The number of para-hydroxylation sites is 4. The van der Waals surface area contributed by atoms with Gasteiger partial charge in [0.2, 0.25) is 0 Å². The van der Waals surface area contributed by atoms with Gasteiger partial charge in [-0.15, -0.1) is 0 Å². The lowest BCUT2D eigenvalue weighted by molar-refractivity contribution is 0.666. The second-order valence-electron chi connectivity index (χ2n) is 10.9. The van der Waals surface area contributed by atoms with Crippen LogP contribution < -0.4 is 4.90 Å². The van der Waals surface area contributed by atoms with Crippen molar-refractivity contribution in [1.82, 2.24) is 0 Å². The third kappa shape index (κ3) is 3.62. The van der Waals surface area contributed by atoms with Gasteiger partial charge in [-0.25, -0.2) is 0 Å². The van der Waals surface area contributed by atoms with E-state index < -0.39 is 0 Å². The molecule has 0 saturated heterocycles. The lowest BCUT2D eigenvalue weighted by atomic mass is 9.95. The van der Waals surface area contributed by atoms with Gasteiger partial charge in [0.15, 0.2) is 11.2 Å². The number of nitrogens with zero attached hydrogens (tertiary/aromatic N) is 1. The third-order valence-electron chi connectivity index (χ3n) is 8.45. The smallest absolute Gasteiger partial charge is 0.159 e. The second-order valence-corrected chi connectivity index (χ2v) is 10.9. The summed E-state index contributed by atoms with van der Waals surface area (Å²) in [5.41, 5.74) is 8.70. The molecule has 0 atom stereocenters. The van der Waals surface area contributed by atoms with Crippen molar-refractivity contribution in [2.45, 2.75) is 0 Å². The number of hydrogen-bond acceptors (Lipinski definition) is 3. The molecule has 0 unspecified atom stereocenters. The molecule has 3 nitrogen and oxygen atoms in total. The molecule has 0 fully saturated rings. The number of anilines is 3. The quantitative estimate of drug-likeness (QED) is 0.218. The molecule has 0 N–H and O–H groups in total. The average molecular weight is 552 g/mol. The van der Waals surface area contributed by atoms with Crippen molar-refractivity contribution >= 4 is 71.7 Å². The Morgan fingerprint density at radius 1 is 0.395 bits per heavy atom. The summed E-state index contributed by atoms with van der Waals surface area (Å²) in [5.74, 6) is 0. The molecule has 202 valence electrons. The zero-order chi connectivity index (χ0) is 28.3. The van der Waals surface area contributed by atoms with Gasteiger partial charge in [0.05, 0.1) is 11.4 Å². The van der Waals surface area contributed by atoms with Crippen LogP contribution >= 0.6 is 0 Å². The first kappa shape index (κ1) is 23.9. The van der Waals surface area contributed by atoms with Gasteiger partial charge in [-0.3, -0.25) is 0 Å². The highest BCUT2D eigenvalue weighted by atomic mass is 16.3. The summed E-state index contributed by atoms with van der Waals surface area (Å²) in [6, 6.07) is 52.8. The van der Waals surface area contributed by atoms with E-state index in [4.69, 9.17) is 8.83 Å². The highest BCUT2D eigenvalue weighted by Gasteiger charge is 2.24.